The second kappa shape index (κ2) is 6.86. The summed E-state index contributed by atoms with van der Waals surface area (Å²) in [7, 11) is 1.52. The third-order valence-electron chi connectivity index (χ3n) is 3.59. The molecule has 0 amide bonds. The van der Waals surface area contributed by atoms with Crippen LogP contribution < -0.4 is 0 Å². The lowest BCUT2D eigenvalue weighted by molar-refractivity contribution is -0.147. The number of carbonyl (C=O) groups is 1. The Labute approximate surface area is 93.4 Å². The standard InChI is InChI=1S/C13H24O2/c1-3-4-8-11-9-6-5-7-10-12(11)13(14)15-2/h11-12H,3-10H2,1-2H3. The van der Waals surface area contributed by atoms with E-state index in [0.717, 1.165) is 6.42 Å². The molecule has 0 N–H and O–H groups in total. The topological polar surface area (TPSA) is 26.3 Å². The van der Waals surface area contributed by atoms with E-state index < -0.39 is 0 Å². The van der Waals surface area contributed by atoms with Gasteiger partial charge in [-0.1, -0.05) is 39.0 Å². The lowest BCUT2D eigenvalue weighted by Crippen LogP contribution is -2.24. The van der Waals surface area contributed by atoms with Gasteiger partial charge in [0.05, 0.1) is 13.0 Å². The van der Waals surface area contributed by atoms with Crippen molar-refractivity contribution >= 4 is 5.97 Å². The molecular formula is C13H24O2. The van der Waals surface area contributed by atoms with Gasteiger partial charge in [-0.25, -0.2) is 0 Å². The molecule has 15 heavy (non-hydrogen) atoms. The molecule has 1 aliphatic rings. The van der Waals surface area contributed by atoms with E-state index in [1.165, 1.54) is 52.1 Å². The van der Waals surface area contributed by atoms with E-state index in [9.17, 15) is 4.79 Å². The summed E-state index contributed by atoms with van der Waals surface area (Å²) in [5.41, 5.74) is 0. The summed E-state index contributed by atoms with van der Waals surface area (Å²) in [6.07, 6.45) is 9.72. The number of ether oxygens (including phenoxy) is 1. The summed E-state index contributed by atoms with van der Waals surface area (Å²) >= 11 is 0. The van der Waals surface area contributed by atoms with E-state index in [1.54, 1.807) is 0 Å². The summed E-state index contributed by atoms with van der Waals surface area (Å²) in [6.45, 7) is 2.21. The van der Waals surface area contributed by atoms with Gasteiger partial charge in [-0.05, 0) is 25.2 Å². The molecule has 2 nitrogen and oxygen atoms in total. The second-order valence-corrected chi connectivity index (χ2v) is 4.67. The van der Waals surface area contributed by atoms with Crippen molar-refractivity contribution in [1.82, 2.24) is 0 Å². The third-order valence-corrected chi connectivity index (χ3v) is 3.59. The summed E-state index contributed by atoms with van der Waals surface area (Å²) in [4.78, 5) is 11.7. The van der Waals surface area contributed by atoms with Crippen LogP contribution in [0.2, 0.25) is 0 Å². The largest absolute Gasteiger partial charge is 0.469 e. The highest BCUT2D eigenvalue weighted by Crippen LogP contribution is 2.33. The van der Waals surface area contributed by atoms with Crippen LogP contribution in [-0.2, 0) is 9.53 Å². The SMILES string of the molecule is CCCCC1CCCCCC1C(=O)OC. The minimum absolute atomic E-state index is 0.0259. The molecule has 1 saturated carbocycles. The van der Waals surface area contributed by atoms with Gasteiger partial charge >= 0.3 is 5.97 Å². The summed E-state index contributed by atoms with van der Waals surface area (Å²) < 4.78 is 4.92. The van der Waals surface area contributed by atoms with Gasteiger partial charge < -0.3 is 4.74 Å². The molecule has 0 spiro atoms. The van der Waals surface area contributed by atoms with Gasteiger partial charge in [0, 0.05) is 0 Å². The fraction of sp³-hybridized carbons (Fsp3) is 0.923. The van der Waals surface area contributed by atoms with Crippen molar-refractivity contribution in [3.05, 3.63) is 0 Å². The fourth-order valence-electron chi connectivity index (χ4n) is 2.66. The van der Waals surface area contributed by atoms with Crippen molar-refractivity contribution in [2.45, 2.75) is 58.3 Å². The van der Waals surface area contributed by atoms with Gasteiger partial charge in [0.25, 0.3) is 0 Å². The van der Waals surface area contributed by atoms with Gasteiger partial charge in [0.1, 0.15) is 0 Å². The van der Waals surface area contributed by atoms with Crippen LogP contribution in [0, 0.1) is 11.8 Å². The van der Waals surface area contributed by atoms with E-state index >= 15 is 0 Å². The highest BCUT2D eigenvalue weighted by Gasteiger charge is 2.29. The summed E-state index contributed by atoms with van der Waals surface area (Å²) in [5, 5.41) is 0. The average Bonchev–Trinajstić information content (AvgIpc) is 2.50. The molecule has 2 atom stereocenters. The minimum atomic E-state index is 0.0259. The lowest BCUT2D eigenvalue weighted by Gasteiger charge is -2.22. The van der Waals surface area contributed by atoms with Crippen molar-refractivity contribution < 1.29 is 9.53 Å². The van der Waals surface area contributed by atoms with Crippen LogP contribution in [0.4, 0.5) is 0 Å². The average molecular weight is 212 g/mol. The number of hydrogen-bond acceptors (Lipinski definition) is 2. The number of carbonyl (C=O) groups excluding carboxylic acids is 1. The monoisotopic (exact) mass is 212 g/mol. The predicted molar refractivity (Wildman–Crippen MR) is 61.6 cm³/mol. The Kier molecular flexibility index (Phi) is 5.74. The van der Waals surface area contributed by atoms with Crippen LogP contribution in [0.15, 0.2) is 0 Å². The Morgan fingerprint density at radius 1 is 1.27 bits per heavy atom. The number of unbranched alkanes of at least 4 members (excludes halogenated alkanes) is 1. The van der Waals surface area contributed by atoms with E-state index in [1.807, 2.05) is 0 Å². The molecule has 0 aliphatic heterocycles. The van der Waals surface area contributed by atoms with Crippen LogP contribution in [0.25, 0.3) is 0 Å². The van der Waals surface area contributed by atoms with Crippen LogP contribution in [-0.4, -0.2) is 13.1 Å². The Hall–Kier alpha value is -0.530. The van der Waals surface area contributed by atoms with Crippen molar-refractivity contribution in [2.24, 2.45) is 11.8 Å². The molecule has 1 fully saturated rings. The molecule has 0 bridgehead atoms. The highest BCUT2D eigenvalue weighted by atomic mass is 16.5. The van der Waals surface area contributed by atoms with Gasteiger partial charge in [-0.3, -0.25) is 4.79 Å². The van der Waals surface area contributed by atoms with E-state index in [2.05, 4.69) is 6.92 Å². The number of hydrogen-bond donors (Lipinski definition) is 0. The third kappa shape index (κ3) is 3.84. The van der Waals surface area contributed by atoms with E-state index in [0.29, 0.717) is 5.92 Å². The quantitative estimate of drug-likeness (QED) is 0.526. The summed E-state index contributed by atoms with van der Waals surface area (Å²) in [6, 6.07) is 0. The Morgan fingerprint density at radius 3 is 2.67 bits per heavy atom. The molecule has 88 valence electrons. The maximum absolute atomic E-state index is 11.7. The van der Waals surface area contributed by atoms with Crippen LogP contribution in [0.1, 0.15) is 58.3 Å². The molecule has 1 aliphatic carbocycles. The van der Waals surface area contributed by atoms with Crippen LogP contribution >= 0.6 is 0 Å². The molecule has 0 aromatic heterocycles. The number of methoxy groups -OCH3 is 1. The van der Waals surface area contributed by atoms with Gasteiger partial charge in [-0.15, -0.1) is 0 Å². The molecule has 0 aromatic carbocycles. The predicted octanol–water partition coefficient (Wildman–Crippen LogP) is 3.55. The molecular weight excluding hydrogens is 188 g/mol. The Morgan fingerprint density at radius 2 is 2.00 bits per heavy atom. The summed E-state index contributed by atoms with van der Waals surface area (Å²) in [5.74, 6) is 0.793. The maximum atomic E-state index is 11.7. The Balaban J connectivity index is 2.54. The molecule has 2 unspecified atom stereocenters. The second-order valence-electron chi connectivity index (χ2n) is 4.67. The number of rotatable bonds is 4. The Bertz CT molecular complexity index is 189. The zero-order valence-electron chi connectivity index (χ0n) is 10.1. The van der Waals surface area contributed by atoms with Crippen molar-refractivity contribution in [3.63, 3.8) is 0 Å². The first-order valence-corrected chi connectivity index (χ1v) is 6.37. The van der Waals surface area contributed by atoms with Crippen molar-refractivity contribution in [2.75, 3.05) is 7.11 Å². The first-order chi connectivity index (χ1) is 7.29. The van der Waals surface area contributed by atoms with Gasteiger partial charge in [-0.2, -0.15) is 0 Å². The van der Waals surface area contributed by atoms with E-state index in [-0.39, 0.29) is 11.9 Å². The van der Waals surface area contributed by atoms with Crippen molar-refractivity contribution in [1.29, 1.82) is 0 Å². The first kappa shape index (κ1) is 12.5. The molecule has 0 heterocycles. The zero-order valence-corrected chi connectivity index (χ0v) is 10.1. The van der Waals surface area contributed by atoms with Crippen LogP contribution in [0.5, 0.6) is 0 Å². The highest BCUT2D eigenvalue weighted by molar-refractivity contribution is 5.72. The van der Waals surface area contributed by atoms with Crippen LogP contribution in [0.3, 0.4) is 0 Å². The first-order valence-electron chi connectivity index (χ1n) is 6.37. The number of esters is 1. The smallest absolute Gasteiger partial charge is 0.308 e. The maximum Gasteiger partial charge on any atom is 0.308 e. The zero-order chi connectivity index (χ0) is 11.1. The van der Waals surface area contributed by atoms with Crippen molar-refractivity contribution in [3.8, 4) is 0 Å². The molecule has 0 aromatic rings. The van der Waals surface area contributed by atoms with E-state index in [4.69, 9.17) is 4.74 Å². The minimum Gasteiger partial charge on any atom is -0.469 e. The molecule has 1 rings (SSSR count). The van der Waals surface area contributed by atoms with Gasteiger partial charge in [0.15, 0.2) is 0 Å². The molecule has 0 radical (unpaired) electrons. The molecule has 0 saturated heterocycles. The molecule has 2 heteroatoms. The van der Waals surface area contributed by atoms with Gasteiger partial charge in [0.2, 0.25) is 0 Å². The lowest BCUT2D eigenvalue weighted by atomic mass is 9.84. The fourth-order valence-corrected chi connectivity index (χ4v) is 2.66. The normalized spacial score (nSPS) is 27.1.